The van der Waals surface area contributed by atoms with Gasteiger partial charge in [-0.15, -0.1) is 0 Å². The molecule has 12 atom stereocenters. The average Bonchev–Trinajstić information content (AvgIpc) is 3.80. The van der Waals surface area contributed by atoms with Crippen molar-refractivity contribution in [2.45, 2.75) is 125 Å². The molecule has 2 amide bonds. The SMILES string of the molecule is O=C(CCN1CCOCC1)N[C@@H]1CCN(C2C(F)CC3C(=O)C(C(=O)NCCCN4CCCOC4)=CN4C5CC6OC7CCCCC7C6CC5OC2C34)C1. The lowest BCUT2D eigenvalue weighted by Gasteiger charge is -2.61. The Morgan fingerprint density at radius 1 is 0.833 bits per heavy atom. The molecule has 14 heteroatoms. The normalized spacial score (nSPS) is 41.3. The lowest BCUT2D eigenvalue weighted by atomic mass is 9.67. The molecule has 0 aromatic carbocycles. The van der Waals surface area contributed by atoms with Gasteiger partial charge in [0.1, 0.15) is 6.17 Å². The number of fused-ring (bicyclic) bond motifs is 5. The van der Waals surface area contributed by atoms with Gasteiger partial charge in [-0.3, -0.25) is 29.1 Å². The highest BCUT2D eigenvalue weighted by molar-refractivity contribution is 6.20. The average molecular weight is 757 g/mol. The zero-order valence-electron chi connectivity index (χ0n) is 31.8. The molecule has 5 saturated heterocycles. The fourth-order valence-corrected chi connectivity index (χ4v) is 11.8. The van der Waals surface area contributed by atoms with Crippen molar-refractivity contribution in [2.75, 3.05) is 78.9 Å². The number of morpholine rings is 2. The Balaban J connectivity index is 0.915. The lowest BCUT2D eigenvalue weighted by molar-refractivity contribution is -0.220. The Kier molecular flexibility index (Phi) is 11.3. The zero-order chi connectivity index (χ0) is 36.8. The maximum atomic E-state index is 16.8. The van der Waals surface area contributed by atoms with Crippen molar-refractivity contribution >= 4 is 17.6 Å². The van der Waals surface area contributed by atoms with Crippen LogP contribution >= 0.6 is 0 Å². The van der Waals surface area contributed by atoms with Crippen LogP contribution in [0.25, 0.3) is 0 Å². The number of amides is 2. The number of Topliss-reactive ketones (excluding diaryl/α,β-unsaturated/α-hetero) is 1. The van der Waals surface area contributed by atoms with Gasteiger partial charge in [0, 0.05) is 83.5 Å². The van der Waals surface area contributed by atoms with E-state index in [0.29, 0.717) is 70.5 Å². The van der Waals surface area contributed by atoms with Crippen LogP contribution in [-0.4, -0.2) is 171 Å². The van der Waals surface area contributed by atoms with Crippen LogP contribution in [0, 0.1) is 17.8 Å². The highest BCUT2D eigenvalue weighted by Crippen LogP contribution is 2.53. The second-order valence-electron chi connectivity index (χ2n) is 17.6. The number of alkyl halides is 1. The van der Waals surface area contributed by atoms with E-state index in [9.17, 15) is 14.4 Å². The molecule has 2 N–H and O–H groups in total. The van der Waals surface area contributed by atoms with Crippen LogP contribution in [0.1, 0.15) is 70.6 Å². The summed E-state index contributed by atoms with van der Waals surface area (Å²) in [6.45, 7) is 8.70. The quantitative estimate of drug-likeness (QED) is 0.249. The summed E-state index contributed by atoms with van der Waals surface area (Å²) in [5.74, 6) is -0.315. The minimum atomic E-state index is -1.29. The number of nitrogens with one attached hydrogen (secondary N) is 2. The summed E-state index contributed by atoms with van der Waals surface area (Å²) in [5, 5.41) is 6.26. The Hall–Kier alpha value is -2.20. The number of carbonyl (C=O) groups is 3. The van der Waals surface area contributed by atoms with E-state index in [4.69, 9.17) is 18.9 Å². The fraction of sp³-hybridized carbons (Fsp3) is 0.875. The molecule has 8 fully saturated rings. The van der Waals surface area contributed by atoms with Gasteiger partial charge in [0.25, 0.3) is 5.91 Å². The molecular weight excluding hydrogens is 695 g/mol. The van der Waals surface area contributed by atoms with Gasteiger partial charge in [-0.25, -0.2) is 4.39 Å². The summed E-state index contributed by atoms with van der Waals surface area (Å²) < 4.78 is 41.7. The second-order valence-corrected chi connectivity index (χ2v) is 17.6. The number of hydrogen-bond donors (Lipinski definition) is 2. The number of ketones is 1. The van der Waals surface area contributed by atoms with Crippen molar-refractivity contribution in [1.29, 1.82) is 0 Å². The molecule has 6 aliphatic heterocycles. The summed E-state index contributed by atoms with van der Waals surface area (Å²) in [6, 6.07) is -0.979. The van der Waals surface area contributed by atoms with Gasteiger partial charge >= 0.3 is 0 Å². The number of hydrogen-bond acceptors (Lipinski definition) is 11. The summed E-state index contributed by atoms with van der Waals surface area (Å²) in [5.41, 5.74) is 0.145. The van der Waals surface area contributed by atoms with E-state index in [2.05, 4.69) is 30.2 Å². The smallest absolute Gasteiger partial charge is 0.256 e. The van der Waals surface area contributed by atoms with Gasteiger partial charge in [-0.2, -0.15) is 0 Å². The number of likely N-dealkylation sites (tertiary alicyclic amines) is 1. The van der Waals surface area contributed by atoms with E-state index >= 15 is 4.39 Å². The third-order valence-electron chi connectivity index (χ3n) is 14.4. The Labute approximate surface area is 318 Å². The molecule has 3 aliphatic carbocycles. The molecule has 9 aliphatic rings. The molecular formula is C40H61FN6O7. The molecule has 300 valence electrons. The first kappa shape index (κ1) is 37.4. The first-order valence-corrected chi connectivity index (χ1v) is 21.3. The van der Waals surface area contributed by atoms with E-state index in [0.717, 1.165) is 71.3 Å². The van der Waals surface area contributed by atoms with E-state index in [1.807, 2.05) is 6.20 Å². The Morgan fingerprint density at radius 3 is 2.56 bits per heavy atom. The highest BCUT2D eigenvalue weighted by atomic mass is 19.1. The number of halogens is 1. The summed E-state index contributed by atoms with van der Waals surface area (Å²) in [4.78, 5) is 49.9. The fourth-order valence-electron chi connectivity index (χ4n) is 11.8. The minimum absolute atomic E-state index is 0.0303. The molecule has 0 bridgehead atoms. The van der Waals surface area contributed by atoms with Crippen molar-refractivity contribution in [1.82, 2.24) is 30.2 Å². The van der Waals surface area contributed by atoms with Crippen LogP contribution < -0.4 is 10.6 Å². The predicted molar refractivity (Wildman–Crippen MR) is 196 cm³/mol. The van der Waals surface area contributed by atoms with E-state index in [1.54, 1.807) is 0 Å². The zero-order valence-corrected chi connectivity index (χ0v) is 31.8. The molecule has 9 rings (SSSR count). The van der Waals surface area contributed by atoms with Gasteiger partial charge in [0.2, 0.25) is 5.91 Å². The van der Waals surface area contributed by atoms with Gasteiger partial charge in [0.15, 0.2) is 5.78 Å². The van der Waals surface area contributed by atoms with Crippen molar-refractivity contribution in [3.05, 3.63) is 11.8 Å². The van der Waals surface area contributed by atoms with Crippen LogP contribution in [0.3, 0.4) is 0 Å². The minimum Gasteiger partial charge on any atom is -0.379 e. The predicted octanol–water partition coefficient (Wildman–Crippen LogP) is 1.45. The first-order valence-electron chi connectivity index (χ1n) is 21.3. The summed E-state index contributed by atoms with van der Waals surface area (Å²) >= 11 is 0. The first-order chi connectivity index (χ1) is 26.4. The molecule has 0 aromatic heterocycles. The summed E-state index contributed by atoms with van der Waals surface area (Å²) in [7, 11) is 0. The molecule has 0 radical (unpaired) electrons. The Bertz CT molecular complexity index is 1410. The van der Waals surface area contributed by atoms with Crippen LogP contribution in [0.2, 0.25) is 0 Å². The maximum Gasteiger partial charge on any atom is 0.256 e. The molecule has 54 heavy (non-hydrogen) atoms. The van der Waals surface area contributed by atoms with Crippen LogP contribution in [-0.2, 0) is 33.3 Å². The standard InChI is InChI=1S/C40H61FN6O7/c41-30-19-28-36-39(37(30)46-13-7-25(22-46)43-35(48)8-12-44-14-17-51-18-15-44)54-34-20-27-26-5-1-2-6-32(26)53-33(27)21-31(34)47(36)23-29(38(28)49)40(50)42-9-3-10-45-11-4-16-52-24-45/h23,25-28,30-34,36-37,39H,1-22,24H2,(H,42,50)(H,43,48)/t25-,26?,27?,28?,30?,31?,32?,33?,34?,36?,37?,39?/m1/s1. The topological polar surface area (TPSA) is 125 Å². The second kappa shape index (κ2) is 16.3. The lowest BCUT2D eigenvalue weighted by Crippen LogP contribution is -2.73. The van der Waals surface area contributed by atoms with E-state index in [-0.39, 0.29) is 59.9 Å². The van der Waals surface area contributed by atoms with Crippen LogP contribution in [0.15, 0.2) is 11.8 Å². The van der Waals surface area contributed by atoms with Gasteiger partial charge < -0.3 is 34.5 Å². The van der Waals surface area contributed by atoms with E-state index in [1.165, 1.54) is 19.3 Å². The molecule has 6 heterocycles. The van der Waals surface area contributed by atoms with Crippen molar-refractivity contribution in [2.24, 2.45) is 17.8 Å². The maximum absolute atomic E-state index is 16.8. The van der Waals surface area contributed by atoms with Gasteiger partial charge in [-0.05, 0) is 63.2 Å². The van der Waals surface area contributed by atoms with E-state index < -0.39 is 24.2 Å². The van der Waals surface area contributed by atoms with Gasteiger partial charge in [0.05, 0.1) is 68.1 Å². The molecule has 3 saturated carbocycles. The number of rotatable bonds is 10. The summed E-state index contributed by atoms with van der Waals surface area (Å²) in [6.07, 6.45) is 9.72. The van der Waals surface area contributed by atoms with Crippen molar-refractivity contribution < 1.29 is 37.7 Å². The number of ether oxygens (including phenoxy) is 4. The molecule has 13 nitrogen and oxygen atoms in total. The largest absolute Gasteiger partial charge is 0.379 e. The number of nitrogens with zero attached hydrogens (tertiary/aromatic N) is 4. The third kappa shape index (κ3) is 7.49. The Morgan fingerprint density at radius 2 is 1.70 bits per heavy atom. The third-order valence-corrected chi connectivity index (χ3v) is 14.4. The van der Waals surface area contributed by atoms with Crippen molar-refractivity contribution in [3.8, 4) is 0 Å². The van der Waals surface area contributed by atoms with Crippen molar-refractivity contribution in [3.63, 3.8) is 0 Å². The highest BCUT2D eigenvalue weighted by Gasteiger charge is 2.62. The molecule has 11 unspecified atom stereocenters. The van der Waals surface area contributed by atoms with Crippen LogP contribution in [0.4, 0.5) is 4.39 Å². The molecule has 0 spiro atoms. The number of carbonyl (C=O) groups excluding carboxylic acids is 3. The van der Waals surface area contributed by atoms with Gasteiger partial charge in [-0.1, -0.05) is 12.8 Å². The van der Waals surface area contributed by atoms with Crippen LogP contribution in [0.5, 0.6) is 0 Å². The monoisotopic (exact) mass is 756 g/mol. The molecule has 0 aromatic rings.